The number of amidine groups is 1. The number of benzene rings is 1. The van der Waals surface area contributed by atoms with Gasteiger partial charge in [-0.15, -0.1) is 0 Å². The van der Waals surface area contributed by atoms with Gasteiger partial charge in [0, 0.05) is 0 Å². The lowest BCUT2D eigenvalue weighted by Crippen LogP contribution is -2.58. The number of hydrogen-bond donors (Lipinski definition) is 2. The van der Waals surface area contributed by atoms with Crippen LogP contribution in [0, 0.1) is 0 Å². The van der Waals surface area contributed by atoms with E-state index in [4.69, 9.17) is 4.99 Å². The summed E-state index contributed by atoms with van der Waals surface area (Å²) in [5.74, 6) is 0.510. The Morgan fingerprint density at radius 3 is 2.33 bits per heavy atom. The molecule has 1 heterocycles. The van der Waals surface area contributed by atoms with Crippen LogP contribution in [0.5, 0.6) is 0 Å². The fourth-order valence-electron chi connectivity index (χ4n) is 3.19. The van der Waals surface area contributed by atoms with Gasteiger partial charge in [-0.2, -0.15) is 0 Å². The highest BCUT2D eigenvalue weighted by molar-refractivity contribution is 6.09. The van der Waals surface area contributed by atoms with Crippen molar-refractivity contribution in [2.24, 2.45) is 4.99 Å². The number of para-hydroxylation sites is 2. The summed E-state index contributed by atoms with van der Waals surface area (Å²) in [5.41, 5.74) is 0.391. The van der Waals surface area contributed by atoms with E-state index in [0.29, 0.717) is 17.2 Å². The van der Waals surface area contributed by atoms with Crippen LogP contribution in [-0.2, 0) is 0 Å². The quantitative estimate of drug-likeness (QED) is 0.829. The highest BCUT2D eigenvalue weighted by Crippen LogP contribution is 2.39. The molecule has 1 saturated carbocycles. The Kier molecular flexibility index (Phi) is 3.63. The van der Waals surface area contributed by atoms with Crippen LogP contribution in [0.4, 0.5) is 11.4 Å². The van der Waals surface area contributed by atoms with Crippen LogP contribution in [0.3, 0.4) is 0 Å². The third-order valence-electron chi connectivity index (χ3n) is 4.50. The van der Waals surface area contributed by atoms with E-state index in [9.17, 15) is 10.4 Å². The monoisotopic (exact) mass is 289 g/mol. The molecule has 0 saturated heterocycles. The Balaban J connectivity index is 2.02. The number of aliphatic imine (C=N–C) groups is 1. The Morgan fingerprint density at radius 1 is 1.05 bits per heavy atom. The Bertz CT molecular complexity index is 550. The van der Waals surface area contributed by atoms with Crippen molar-refractivity contribution in [2.45, 2.75) is 57.5 Å². The molecule has 0 radical (unpaired) electrons. The van der Waals surface area contributed by atoms with Gasteiger partial charge in [0.25, 0.3) is 0 Å². The van der Waals surface area contributed by atoms with Gasteiger partial charge >= 0.3 is 0 Å². The van der Waals surface area contributed by atoms with E-state index in [1.165, 1.54) is 24.3 Å². The largest absolute Gasteiger partial charge is 0.287 e. The maximum atomic E-state index is 10.6. The molecule has 0 aromatic heterocycles. The number of nitrogens with zero attached hydrogens (tertiary/aromatic N) is 3. The average Bonchev–Trinajstić information content (AvgIpc) is 2.51. The molecule has 2 aliphatic rings. The molecule has 5 nitrogen and oxygen atoms in total. The third kappa shape index (κ3) is 2.40. The van der Waals surface area contributed by atoms with Crippen molar-refractivity contribution in [1.29, 1.82) is 0 Å². The minimum atomic E-state index is -0.763. The summed E-state index contributed by atoms with van der Waals surface area (Å²) in [6.45, 7) is 3.74. The molecule has 0 spiro atoms. The van der Waals surface area contributed by atoms with Crippen molar-refractivity contribution in [3.8, 4) is 0 Å². The summed E-state index contributed by atoms with van der Waals surface area (Å²) in [6.07, 6.45) is 5.75. The number of fused-ring (bicyclic) bond motifs is 1. The maximum Gasteiger partial charge on any atom is 0.157 e. The van der Waals surface area contributed by atoms with Gasteiger partial charge in [0.2, 0.25) is 0 Å². The predicted octanol–water partition coefficient (Wildman–Crippen LogP) is 3.60. The van der Waals surface area contributed by atoms with Crippen LogP contribution in [-0.4, -0.2) is 27.8 Å². The lowest BCUT2D eigenvalue weighted by atomic mass is 9.94. The highest BCUT2D eigenvalue weighted by atomic mass is 16.5. The fourth-order valence-corrected chi connectivity index (χ4v) is 3.19. The van der Waals surface area contributed by atoms with E-state index < -0.39 is 5.54 Å². The molecule has 21 heavy (non-hydrogen) atoms. The van der Waals surface area contributed by atoms with Crippen LogP contribution in [0.25, 0.3) is 0 Å². The number of anilines is 2. The van der Waals surface area contributed by atoms with E-state index in [1.54, 1.807) is 12.1 Å². The van der Waals surface area contributed by atoms with Crippen molar-refractivity contribution in [1.82, 2.24) is 0 Å². The first-order chi connectivity index (χ1) is 10.0. The first-order valence-corrected chi connectivity index (χ1v) is 7.67. The molecular formula is C16H23N3O2. The molecule has 3 rings (SSSR count). The van der Waals surface area contributed by atoms with Crippen LogP contribution >= 0.6 is 0 Å². The second-order valence-corrected chi connectivity index (χ2v) is 6.42. The van der Waals surface area contributed by atoms with Crippen LogP contribution in [0.15, 0.2) is 29.3 Å². The highest BCUT2D eigenvalue weighted by Gasteiger charge is 2.42. The van der Waals surface area contributed by atoms with Gasteiger partial charge in [0.05, 0.1) is 17.4 Å². The van der Waals surface area contributed by atoms with Gasteiger partial charge < -0.3 is 0 Å². The van der Waals surface area contributed by atoms with Crippen LogP contribution < -0.4 is 10.1 Å². The zero-order valence-electron chi connectivity index (χ0n) is 12.7. The van der Waals surface area contributed by atoms with Crippen molar-refractivity contribution in [3.05, 3.63) is 24.3 Å². The fraction of sp³-hybridized carbons (Fsp3) is 0.562. The molecule has 5 heteroatoms. The standard InChI is InChI=1S/C16H23N3O2/c1-16(2)15(17-12-8-4-3-5-9-12)18(20)13-10-6-7-11-14(13)19(16)21/h6-7,10-12,20-21H,3-5,8-9H2,1-2H3. The molecule has 1 aromatic rings. The van der Waals surface area contributed by atoms with Gasteiger partial charge in [-0.3, -0.25) is 15.4 Å². The summed E-state index contributed by atoms with van der Waals surface area (Å²) < 4.78 is 0. The summed E-state index contributed by atoms with van der Waals surface area (Å²) in [4.78, 5) is 4.77. The zero-order chi connectivity index (χ0) is 15.0. The minimum Gasteiger partial charge on any atom is -0.287 e. The van der Waals surface area contributed by atoms with Crippen molar-refractivity contribution in [2.75, 3.05) is 10.1 Å². The molecule has 1 fully saturated rings. The Hall–Kier alpha value is -1.59. The average molecular weight is 289 g/mol. The molecule has 2 N–H and O–H groups in total. The predicted molar refractivity (Wildman–Crippen MR) is 83.4 cm³/mol. The van der Waals surface area contributed by atoms with Gasteiger partial charge in [0.1, 0.15) is 5.54 Å². The van der Waals surface area contributed by atoms with Gasteiger partial charge in [-0.25, -0.2) is 10.1 Å². The smallest absolute Gasteiger partial charge is 0.157 e. The molecule has 0 bridgehead atoms. The first kappa shape index (κ1) is 14.4. The van der Waals surface area contributed by atoms with Gasteiger partial charge in [0.15, 0.2) is 5.84 Å². The van der Waals surface area contributed by atoms with E-state index >= 15 is 0 Å². The Morgan fingerprint density at radius 2 is 1.67 bits per heavy atom. The molecule has 114 valence electrons. The molecule has 0 amide bonds. The van der Waals surface area contributed by atoms with Crippen LogP contribution in [0.1, 0.15) is 46.0 Å². The second-order valence-electron chi connectivity index (χ2n) is 6.42. The van der Waals surface area contributed by atoms with Gasteiger partial charge in [-0.1, -0.05) is 31.4 Å². The SMILES string of the molecule is CC1(C)C(=NC2CCCCC2)N(O)c2ccccc2N1O. The summed E-state index contributed by atoms with van der Waals surface area (Å²) >= 11 is 0. The molecule has 0 atom stereocenters. The third-order valence-corrected chi connectivity index (χ3v) is 4.50. The summed E-state index contributed by atoms with van der Waals surface area (Å²) in [7, 11) is 0. The molecule has 1 aliphatic carbocycles. The zero-order valence-corrected chi connectivity index (χ0v) is 12.7. The number of hydroxylamine groups is 2. The van der Waals surface area contributed by atoms with E-state index in [1.807, 2.05) is 26.0 Å². The Labute approximate surface area is 125 Å². The molecule has 0 unspecified atom stereocenters. The minimum absolute atomic E-state index is 0.237. The van der Waals surface area contributed by atoms with E-state index in [2.05, 4.69) is 0 Å². The summed E-state index contributed by atoms with van der Waals surface area (Å²) in [5, 5.41) is 23.4. The normalized spacial score (nSPS) is 24.3. The first-order valence-electron chi connectivity index (χ1n) is 7.67. The lowest BCUT2D eigenvalue weighted by molar-refractivity contribution is 0.187. The maximum absolute atomic E-state index is 10.6. The molecular weight excluding hydrogens is 266 g/mol. The lowest BCUT2D eigenvalue weighted by Gasteiger charge is -2.44. The molecule has 1 aromatic carbocycles. The number of rotatable bonds is 1. The topological polar surface area (TPSA) is 59.3 Å². The van der Waals surface area contributed by atoms with Crippen LogP contribution in [0.2, 0.25) is 0 Å². The van der Waals surface area contributed by atoms with E-state index in [-0.39, 0.29) is 6.04 Å². The van der Waals surface area contributed by atoms with E-state index in [0.717, 1.165) is 17.9 Å². The van der Waals surface area contributed by atoms with Crippen molar-refractivity contribution >= 4 is 17.2 Å². The van der Waals surface area contributed by atoms with Gasteiger partial charge in [-0.05, 0) is 38.8 Å². The molecule has 1 aliphatic heterocycles. The second kappa shape index (κ2) is 5.31. The van der Waals surface area contributed by atoms with Crippen molar-refractivity contribution < 1.29 is 10.4 Å². The van der Waals surface area contributed by atoms with Crippen molar-refractivity contribution in [3.63, 3.8) is 0 Å². The number of hydrogen-bond acceptors (Lipinski definition) is 4. The summed E-state index contributed by atoms with van der Waals surface area (Å²) in [6, 6.07) is 7.49.